The third kappa shape index (κ3) is 2.39. The van der Waals surface area contributed by atoms with Crippen molar-refractivity contribution in [3.63, 3.8) is 0 Å². The Morgan fingerprint density at radius 2 is 1.96 bits per heavy atom. The van der Waals surface area contributed by atoms with Gasteiger partial charge in [-0.1, -0.05) is 39.3 Å². The number of carboxylic acid groups (broad SMARTS) is 1. The molecule has 3 aliphatic carbocycles. The van der Waals surface area contributed by atoms with E-state index in [1.165, 1.54) is 25.7 Å². The molecule has 3 aliphatic rings. The van der Waals surface area contributed by atoms with Crippen molar-refractivity contribution in [3.05, 3.63) is 11.6 Å². The Morgan fingerprint density at radius 1 is 1.26 bits per heavy atom. The zero-order valence-electron chi connectivity index (χ0n) is 15.6. The molecule has 130 valence electrons. The van der Waals surface area contributed by atoms with Crippen LogP contribution in [0.15, 0.2) is 11.6 Å². The summed E-state index contributed by atoms with van der Waals surface area (Å²) in [4.78, 5) is 12.2. The number of fused-ring (bicyclic) bond motifs is 3. The van der Waals surface area contributed by atoms with Gasteiger partial charge in [0.25, 0.3) is 0 Å². The predicted octanol–water partition coefficient (Wildman–Crippen LogP) is 5.53. The largest absolute Gasteiger partial charge is 0.481 e. The van der Waals surface area contributed by atoms with Gasteiger partial charge in [-0.15, -0.1) is 0 Å². The highest BCUT2D eigenvalue weighted by molar-refractivity contribution is 5.75. The Kier molecular flexibility index (Phi) is 4.18. The molecule has 0 radical (unpaired) electrons. The number of hydrogen-bond acceptors (Lipinski definition) is 1. The smallest absolute Gasteiger partial charge is 0.309 e. The molecule has 0 heterocycles. The van der Waals surface area contributed by atoms with Gasteiger partial charge in [-0.3, -0.25) is 4.79 Å². The van der Waals surface area contributed by atoms with E-state index >= 15 is 0 Å². The van der Waals surface area contributed by atoms with E-state index in [4.69, 9.17) is 0 Å². The van der Waals surface area contributed by atoms with Crippen LogP contribution in [0.25, 0.3) is 0 Å². The van der Waals surface area contributed by atoms with Gasteiger partial charge in [0.05, 0.1) is 5.41 Å². The van der Waals surface area contributed by atoms with Gasteiger partial charge < -0.3 is 5.11 Å². The van der Waals surface area contributed by atoms with Crippen LogP contribution in [0.1, 0.15) is 73.1 Å². The van der Waals surface area contributed by atoms with Crippen molar-refractivity contribution in [1.82, 2.24) is 0 Å². The van der Waals surface area contributed by atoms with Crippen molar-refractivity contribution in [1.29, 1.82) is 0 Å². The summed E-state index contributed by atoms with van der Waals surface area (Å²) >= 11 is 0. The van der Waals surface area contributed by atoms with Crippen LogP contribution in [0, 0.1) is 40.4 Å². The normalized spacial score (nSPS) is 46.8. The van der Waals surface area contributed by atoms with Crippen LogP contribution in [0.4, 0.5) is 0 Å². The fourth-order valence-corrected chi connectivity index (χ4v) is 6.25. The van der Waals surface area contributed by atoms with Crippen LogP contribution in [-0.4, -0.2) is 11.1 Å². The molecule has 2 saturated carbocycles. The molecule has 0 spiro atoms. The van der Waals surface area contributed by atoms with Crippen LogP contribution in [0.3, 0.4) is 0 Å². The molecule has 2 nitrogen and oxygen atoms in total. The van der Waals surface area contributed by atoms with Crippen LogP contribution in [0.5, 0.6) is 0 Å². The molecule has 3 rings (SSSR count). The Labute approximate surface area is 141 Å². The van der Waals surface area contributed by atoms with Crippen molar-refractivity contribution in [2.75, 3.05) is 0 Å². The maximum atomic E-state index is 12.2. The third-order valence-electron chi connectivity index (χ3n) is 8.25. The van der Waals surface area contributed by atoms with Crippen LogP contribution in [-0.2, 0) is 4.79 Å². The van der Waals surface area contributed by atoms with E-state index in [0.717, 1.165) is 24.7 Å². The van der Waals surface area contributed by atoms with Crippen molar-refractivity contribution < 1.29 is 9.90 Å². The molecule has 0 amide bonds. The minimum absolute atomic E-state index is 0.186. The first-order chi connectivity index (χ1) is 10.7. The number of carboxylic acids is 1. The van der Waals surface area contributed by atoms with Crippen LogP contribution in [0.2, 0.25) is 0 Å². The van der Waals surface area contributed by atoms with E-state index < -0.39 is 11.4 Å². The molecule has 2 heteroatoms. The lowest BCUT2D eigenvalue weighted by molar-refractivity contribution is -0.170. The lowest BCUT2D eigenvalue weighted by Crippen LogP contribution is -2.56. The molecule has 0 aliphatic heterocycles. The first kappa shape index (κ1) is 17.0. The van der Waals surface area contributed by atoms with Crippen molar-refractivity contribution in [2.45, 2.75) is 73.1 Å². The summed E-state index contributed by atoms with van der Waals surface area (Å²) in [5.74, 6) is 2.21. The zero-order chi connectivity index (χ0) is 17.0. The molecule has 6 atom stereocenters. The van der Waals surface area contributed by atoms with E-state index in [9.17, 15) is 9.90 Å². The second kappa shape index (κ2) is 5.63. The Balaban J connectivity index is 1.96. The third-order valence-corrected chi connectivity index (χ3v) is 8.25. The van der Waals surface area contributed by atoms with Crippen LogP contribution < -0.4 is 0 Å². The molecule has 0 saturated heterocycles. The standard InChI is InChI=1S/C21H34O2/c1-13(2)15-6-8-17-16(12-15)7-9-18-20(17,4)11-10-14(3)21(18,5)19(22)23/h7,13-15,17-18H,6,8-12H2,1-5H3,(H,22,23). The van der Waals surface area contributed by atoms with Gasteiger partial charge in [0.2, 0.25) is 0 Å². The van der Waals surface area contributed by atoms with Gasteiger partial charge in [0.15, 0.2) is 0 Å². The van der Waals surface area contributed by atoms with E-state index in [2.05, 4.69) is 33.8 Å². The summed E-state index contributed by atoms with van der Waals surface area (Å²) in [6.07, 6.45) is 9.53. The van der Waals surface area contributed by atoms with Crippen molar-refractivity contribution >= 4 is 5.97 Å². The minimum Gasteiger partial charge on any atom is -0.481 e. The molecule has 23 heavy (non-hydrogen) atoms. The zero-order valence-corrected chi connectivity index (χ0v) is 15.6. The summed E-state index contributed by atoms with van der Waals surface area (Å²) < 4.78 is 0. The fraction of sp³-hybridized carbons (Fsp3) is 0.857. The number of hydrogen-bond donors (Lipinski definition) is 1. The molecular weight excluding hydrogens is 284 g/mol. The van der Waals surface area contributed by atoms with E-state index in [1.807, 2.05) is 6.92 Å². The second-order valence-corrected chi connectivity index (χ2v) is 9.44. The van der Waals surface area contributed by atoms with Gasteiger partial charge in [-0.2, -0.15) is 0 Å². The predicted molar refractivity (Wildman–Crippen MR) is 94.1 cm³/mol. The number of carbonyl (C=O) groups is 1. The number of allylic oxidation sites excluding steroid dienone is 2. The Bertz CT molecular complexity index is 520. The molecule has 0 aromatic carbocycles. The van der Waals surface area contributed by atoms with Gasteiger partial charge in [0.1, 0.15) is 0 Å². The summed E-state index contributed by atoms with van der Waals surface area (Å²) in [6, 6.07) is 0. The lowest BCUT2D eigenvalue weighted by Gasteiger charge is -2.59. The molecular formula is C21H34O2. The molecule has 1 N–H and O–H groups in total. The van der Waals surface area contributed by atoms with Crippen molar-refractivity contribution in [3.8, 4) is 0 Å². The molecule has 0 aromatic rings. The van der Waals surface area contributed by atoms with E-state index in [0.29, 0.717) is 11.8 Å². The van der Waals surface area contributed by atoms with E-state index in [-0.39, 0.29) is 11.3 Å². The van der Waals surface area contributed by atoms with E-state index in [1.54, 1.807) is 5.57 Å². The molecule has 0 bridgehead atoms. The van der Waals surface area contributed by atoms with Gasteiger partial charge >= 0.3 is 5.97 Å². The maximum Gasteiger partial charge on any atom is 0.309 e. The highest BCUT2D eigenvalue weighted by Gasteiger charge is 2.60. The minimum atomic E-state index is -0.575. The summed E-state index contributed by atoms with van der Waals surface area (Å²) in [7, 11) is 0. The summed E-state index contributed by atoms with van der Waals surface area (Å²) in [6.45, 7) is 11.3. The SMILES string of the molecule is CC(C)C1CCC2C(=CCC3C2(C)CCC(C)C3(C)C(=O)O)C1. The average Bonchev–Trinajstić information content (AvgIpc) is 2.50. The lowest BCUT2D eigenvalue weighted by atomic mass is 9.44. The molecule has 0 aromatic heterocycles. The first-order valence-electron chi connectivity index (χ1n) is 9.63. The highest BCUT2D eigenvalue weighted by Crippen LogP contribution is 2.64. The van der Waals surface area contributed by atoms with Gasteiger partial charge in [0, 0.05) is 0 Å². The number of rotatable bonds is 2. The summed E-state index contributed by atoms with van der Waals surface area (Å²) in [5.41, 5.74) is 1.28. The highest BCUT2D eigenvalue weighted by atomic mass is 16.4. The Hall–Kier alpha value is -0.790. The van der Waals surface area contributed by atoms with Gasteiger partial charge in [-0.25, -0.2) is 0 Å². The van der Waals surface area contributed by atoms with Crippen LogP contribution >= 0.6 is 0 Å². The quantitative estimate of drug-likeness (QED) is 0.679. The van der Waals surface area contributed by atoms with Gasteiger partial charge in [-0.05, 0) is 80.5 Å². The molecule has 6 unspecified atom stereocenters. The monoisotopic (exact) mass is 318 g/mol. The average molecular weight is 319 g/mol. The second-order valence-electron chi connectivity index (χ2n) is 9.44. The maximum absolute atomic E-state index is 12.2. The van der Waals surface area contributed by atoms with Crippen molar-refractivity contribution in [2.24, 2.45) is 40.4 Å². The topological polar surface area (TPSA) is 37.3 Å². The Morgan fingerprint density at radius 3 is 2.57 bits per heavy atom. The number of aliphatic carboxylic acids is 1. The first-order valence-corrected chi connectivity index (χ1v) is 9.63. The summed E-state index contributed by atoms with van der Waals surface area (Å²) in [5, 5.41) is 10.0. The molecule has 2 fully saturated rings. The fourth-order valence-electron chi connectivity index (χ4n) is 6.25.